The number of nitrogens with zero attached hydrogens (tertiary/aromatic N) is 2. The monoisotopic (exact) mass is 406 g/mol. The average molecular weight is 407 g/mol. The molecule has 5 heteroatoms. The molecule has 3 rings (SSSR count). The Morgan fingerprint density at radius 1 is 0.963 bits per heavy atom. The average Bonchev–Trinajstić information content (AvgIpc) is 2.72. The molecule has 0 aliphatic carbocycles. The fraction of sp³-hybridized carbons (Fsp3) is 0.455. The maximum absolute atomic E-state index is 5.23. The van der Waals surface area contributed by atoms with Gasteiger partial charge in [0, 0.05) is 37.6 Å². The van der Waals surface area contributed by atoms with Gasteiger partial charge in [-0.3, -0.25) is 4.90 Å². The van der Waals surface area contributed by atoms with E-state index in [4.69, 9.17) is 4.74 Å². The van der Waals surface area contributed by atoms with Gasteiger partial charge >= 0.3 is 0 Å². The second-order valence-corrected chi connectivity index (χ2v) is 7.88. The fourth-order valence-electron chi connectivity index (χ4n) is 3.34. The van der Waals surface area contributed by atoms with Gasteiger partial charge in [-0.1, -0.05) is 31.2 Å². The van der Waals surface area contributed by atoms with E-state index in [0.717, 1.165) is 44.9 Å². The van der Waals surface area contributed by atoms with Gasteiger partial charge in [0.15, 0.2) is 0 Å². The summed E-state index contributed by atoms with van der Waals surface area (Å²) < 4.78 is 5.23. The third-order valence-corrected chi connectivity index (χ3v) is 6.18. The predicted octanol–water partition coefficient (Wildman–Crippen LogP) is 4.98. The SMILES string of the molecule is CCCSc1ccccc1N1CCN(CCc2ccc(OC)cc2)CC1.Cl. The minimum absolute atomic E-state index is 0. The molecule has 0 N–H and O–H groups in total. The molecule has 0 spiro atoms. The molecule has 0 bridgehead atoms. The van der Waals surface area contributed by atoms with Crippen molar-refractivity contribution in [1.82, 2.24) is 4.90 Å². The normalized spacial score (nSPS) is 14.7. The molecular formula is C22H31ClN2OS. The highest BCUT2D eigenvalue weighted by atomic mass is 35.5. The maximum atomic E-state index is 5.23. The number of piperazine rings is 1. The fourth-order valence-corrected chi connectivity index (χ4v) is 4.29. The highest BCUT2D eigenvalue weighted by Crippen LogP contribution is 2.31. The summed E-state index contributed by atoms with van der Waals surface area (Å²) in [6, 6.07) is 17.3. The van der Waals surface area contributed by atoms with Crippen molar-refractivity contribution in [2.45, 2.75) is 24.7 Å². The van der Waals surface area contributed by atoms with Crippen LogP contribution in [0.1, 0.15) is 18.9 Å². The van der Waals surface area contributed by atoms with Gasteiger partial charge < -0.3 is 9.64 Å². The Bertz CT molecular complexity index is 672. The maximum Gasteiger partial charge on any atom is 0.118 e. The second-order valence-electron chi connectivity index (χ2n) is 6.74. The van der Waals surface area contributed by atoms with E-state index in [-0.39, 0.29) is 12.4 Å². The van der Waals surface area contributed by atoms with Crippen molar-refractivity contribution >= 4 is 29.9 Å². The molecule has 148 valence electrons. The smallest absolute Gasteiger partial charge is 0.118 e. The summed E-state index contributed by atoms with van der Waals surface area (Å²) in [5.74, 6) is 2.13. The first-order valence-electron chi connectivity index (χ1n) is 9.62. The van der Waals surface area contributed by atoms with Crippen molar-refractivity contribution in [3.63, 3.8) is 0 Å². The molecule has 1 heterocycles. The number of hydrogen-bond donors (Lipinski definition) is 0. The van der Waals surface area contributed by atoms with Crippen LogP contribution in [0.25, 0.3) is 0 Å². The molecule has 1 saturated heterocycles. The number of methoxy groups -OCH3 is 1. The molecule has 0 unspecified atom stereocenters. The number of hydrogen-bond acceptors (Lipinski definition) is 4. The van der Waals surface area contributed by atoms with E-state index in [9.17, 15) is 0 Å². The summed E-state index contributed by atoms with van der Waals surface area (Å²) in [7, 11) is 1.72. The Morgan fingerprint density at radius 3 is 2.33 bits per heavy atom. The van der Waals surface area contributed by atoms with E-state index in [1.54, 1.807) is 7.11 Å². The molecule has 0 atom stereocenters. The highest BCUT2D eigenvalue weighted by molar-refractivity contribution is 7.99. The van der Waals surface area contributed by atoms with E-state index < -0.39 is 0 Å². The van der Waals surface area contributed by atoms with Gasteiger partial charge in [0.1, 0.15) is 5.75 Å². The number of anilines is 1. The van der Waals surface area contributed by atoms with Crippen LogP contribution in [0.4, 0.5) is 5.69 Å². The number of halogens is 1. The first-order valence-corrected chi connectivity index (χ1v) is 10.6. The van der Waals surface area contributed by atoms with Crippen LogP contribution in [0.5, 0.6) is 5.75 Å². The lowest BCUT2D eigenvalue weighted by molar-refractivity contribution is 0.260. The van der Waals surface area contributed by atoms with Crippen molar-refractivity contribution < 1.29 is 4.74 Å². The van der Waals surface area contributed by atoms with Crippen molar-refractivity contribution in [2.24, 2.45) is 0 Å². The number of para-hydroxylation sites is 1. The zero-order valence-electron chi connectivity index (χ0n) is 16.4. The molecule has 0 radical (unpaired) electrons. The van der Waals surface area contributed by atoms with Gasteiger partial charge in [0.25, 0.3) is 0 Å². The Morgan fingerprint density at radius 2 is 1.67 bits per heavy atom. The molecular weight excluding hydrogens is 376 g/mol. The van der Waals surface area contributed by atoms with Crippen molar-refractivity contribution in [3.05, 3.63) is 54.1 Å². The van der Waals surface area contributed by atoms with E-state index in [2.05, 4.69) is 65.3 Å². The van der Waals surface area contributed by atoms with Crippen LogP contribution in [-0.4, -0.2) is 50.5 Å². The molecule has 1 aliphatic heterocycles. The van der Waals surface area contributed by atoms with Gasteiger partial charge in [-0.05, 0) is 48.4 Å². The van der Waals surface area contributed by atoms with Crippen LogP contribution >= 0.6 is 24.2 Å². The zero-order valence-corrected chi connectivity index (χ0v) is 18.0. The van der Waals surface area contributed by atoms with Crippen molar-refractivity contribution in [3.8, 4) is 5.75 Å². The third-order valence-electron chi connectivity index (χ3n) is 4.92. The van der Waals surface area contributed by atoms with Gasteiger partial charge in [0.2, 0.25) is 0 Å². The van der Waals surface area contributed by atoms with Gasteiger partial charge in [0.05, 0.1) is 12.8 Å². The molecule has 0 saturated carbocycles. The first kappa shape index (κ1) is 21.9. The number of benzene rings is 2. The molecule has 2 aromatic carbocycles. The summed E-state index contributed by atoms with van der Waals surface area (Å²) in [6.45, 7) is 7.90. The van der Waals surface area contributed by atoms with Crippen molar-refractivity contribution in [1.29, 1.82) is 0 Å². The molecule has 2 aromatic rings. The summed E-state index contributed by atoms with van der Waals surface area (Å²) in [4.78, 5) is 6.57. The van der Waals surface area contributed by atoms with E-state index in [0.29, 0.717) is 0 Å². The Kier molecular flexibility index (Phi) is 9.32. The Balaban J connectivity index is 0.00000261. The number of rotatable bonds is 8. The van der Waals surface area contributed by atoms with E-state index in [1.165, 1.54) is 28.3 Å². The summed E-state index contributed by atoms with van der Waals surface area (Å²) in [5.41, 5.74) is 2.80. The summed E-state index contributed by atoms with van der Waals surface area (Å²) in [5, 5.41) is 0. The van der Waals surface area contributed by atoms with Gasteiger partial charge in [-0.2, -0.15) is 0 Å². The quantitative estimate of drug-likeness (QED) is 0.574. The zero-order chi connectivity index (χ0) is 18.2. The second kappa shape index (κ2) is 11.5. The van der Waals surface area contributed by atoms with Crippen LogP contribution in [0.2, 0.25) is 0 Å². The molecule has 1 aliphatic rings. The van der Waals surface area contributed by atoms with Crippen LogP contribution in [0.3, 0.4) is 0 Å². The standard InChI is InChI=1S/C22H30N2OS.ClH/c1-3-18-26-22-7-5-4-6-21(22)24-16-14-23(15-17-24)13-12-19-8-10-20(25-2)11-9-19;/h4-11H,3,12-18H2,1-2H3;1H. The summed E-state index contributed by atoms with van der Waals surface area (Å²) in [6.07, 6.45) is 2.32. The van der Waals surface area contributed by atoms with Gasteiger partial charge in [-0.25, -0.2) is 0 Å². The molecule has 3 nitrogen and oxygen atoms in total. The first-order chi connectivity index (χ1) is 12.8. The number of ether oxygens (including phenoxy) is 1. The third kappa shape index (κ3) is 6.34. The van der Waals surface area contributed by atoms with Crippen LogP contribution in [0.15, 0.2) is 53.4 Å². The van der Waals surface area contributed by atoms with E-state index in [1.807, 2.05) is 11.8 Å². The van der Waals surface area contributed by atoms with Crippen LogP contribution in [-0.2, 0) is 6.42 Å². The lowest BCUT2D eigenvalue weighted by atomic mass is 10.1. The van der Waals surface area contributed by atoms with Crippen LogP contribution in [0, 0.1) is 0 Å². The minimum atomic E-state index is 0. The lowest BCUT2D eigenvalue weighted by Crippen LogP contribution is -2.47. The Hall–Kier alpha value is -1.36. The van der Waals surface area contributed by atoms with Crippen molar-refractivity contribution in [2.75, 3.05) is 50.5 Å². The molecule has 0 aromatic heterocycles. The molecule has 1 fully saturated rings. The molecule has 0 amide bonds. The summed E-state index contributed by atoms with van der Waals surface area (Å²) >= 11 is 1.99. The Labute approximate surface area is 174 Å². The largest absolute Gasteiger partial charge is 0.497 e. The predicted molar refractivity (Wildman–Crippen MR) is 120 cm³/mol. The minimum Gasteiger partial charge on any atom is -0.497 e. The lowest BCUT2D eigenvalue weighted by Gasteiger charge is -2.37. The highest BCUT2D eigenvalue weighted by Gasteiger charge is 2.18. The van der Waals surface area contributed by atoms with Crippen LogP contribution < -0.4 is 9.64 Å². The van der Waals surface area contributed by atoms with E-state index >= 15 is 0 Å². The number of thioether (sulfide) groups is 1. The molecule has 27 heavy (non-hydrogen) atoms. The van der Waals surface area contributed by atoms with Gasteiger partial charge in [-0.15, -0.1) is 24.2 Å². The topological polar surface area (TPSA) is 15.7 Å².